The van der Waals surface area contributed by atoms with E-state index < -0.39 is 0 Å². The zero-order chi connectivity index (χ0) is 12.8. The molecule has 0 bridgehead atoms. The van der Waals surface area contributed by atoms with E-state index in [4.69, 9.17) is 19.7 Å². The molecular formula is C13H16N2O3. The van der Waals surface area contributed by atoms with Gasteiger partial charge in [-0.2, -0.15) is 0 Å². The van der Waals surface area contributed by atoms with Crippen LogP contribution in [0.15, 0.2) is 35.2 Å². The third-order valence-corrected chi connectivity index (χ3v) is 2.54. The molecule has 0 amide bonds. The van der Waals surface area contributed by atoms with Crippen molar-refractivity contribution in [1.82, 2.24) is 5.16 Å². The molecule has 2 aromatic rings. The highest BCUT2D eigenvalue weighted by atomic mass is 16.5. The molecule has 0 saturated heterocycles. The van der Waals surface area contributed by atoms with Crippen LogP contribution in [0.3, 0.4) is 0 Å². The van der Waals surface area contributed by atoms with Gasteiger partial charge in [-0.3, -0.25) is 0 Å². The smallest absolute Gasteiger partial charge is 0.161 e. The summed E-state index contributed by atoms with van der Waals surface area (Å²) in [5.74, 6) is 1.40. The number of ether oxygens (including phenoxy) is 2. The number of rotatable bonds is 6. The quantitative estimate of drug-likeness (QED) is 0.843. The highest BCUT2D eigenvalue weighted by Gasteiger charge is 2.06. The van der Waals surface area contributed by atoms with Crippen molar-refractivity contribution in [2.75, 3.05) is 13.7 Å². The molecule has 0 aliphatic heterocycles. The van der Waals surface area contributed by atoms with Gasteiger partial charge in [0.2, 0.25) is 0 Å². The van der Waals surface area contributed by atoms with E-state index in [1.165, 1.54) is 0 Å². The first-order valence-electron chi connectivity index (χ1n) is 5.71. The summed E-state index contributed by atoms with van der Waals surface area (Å²) >= 11 is 0. The SMILES string of the molecule is COc1ccc(CCN)cc1OCc1cnoc1. The summed E-state index contributed by atoms with van der Waals surface area (Å²) in [4.78, 5) is 0. The van der Waals surface area contributed by atoms with Crippen LogP contribution in [-0.4, -0.2) is 18.8 Å². The zero-order valence-electron chi connectivity index (χ0n) is 10.3. The van der Waals surface area contributed by atoms with Crippen LogP contribution in [0.5, 0.6) is 11.5 Å². The Hall–Kier alpha value is -2.01. The number of benzene rings is 1. The van der Waals surface area contributed by atoms with Crippen LogP contribution < -0.4 is 15.2 Å². The number of hydrogen-bond acceptors (Lipinski definition) is 5. The van der Waals surface area contributed by atoms with Gasteiger partial charge in [0.1, 0.15) is 12.9 Å². The van der Waals surface area contributed by atoms with Crippen molar-refractivity contribution in [3.8, 4) is 11.5 Å². The molecule has 0 fully saturated rings. The van der Waals surface area contributed by atoms with Crippen LogP contribution >= 0.6 is 0 Å². The Morgan fingerprint density at radius 3 is 2.83 bits per heavy atom. The molecule has 0 unspecified atom stereocenters. The molecule has 0 aliphatic carbocycles. The minimum absolute atomic E-state index is 0.395. The number of methoxy groups -OCH3 is 1. The normalized spacial score (nSPS) is 10.3. The summed E-state index contributed by atoms with van der Waals surface area (Å²) in [7, 11) is 1.62. The Labute approximate surface area is 105 Å². The Morgan fingerprint density at radius 1 is 1.28 bits per heavy atom. The molecule has 2 N–H and O–H groups in total. The van der Waals surface area contributed by atoms with Gasteiger partial charge in [0.15, 0.2) is 11.5 Å². The second kappa shape index (κ2) is 6.07. The summed E-state index contributed by atoms with van der Waals surface area (Å²) in [5.41, 5.74) is 7.54. The fourth-order valence-corrected chi connectivity index (χ4v) is 1.62. The molecule has 0 aliphatic rings. The Kier molecular flexibility index (Phi) is 4.20. The maximum atomic E-state index is 5.69. The summed E-state index contributed by atoms with van der Waals surface area (Å²) in [6.07, 6.45) is 3.99. The predicted octanol–water partition coefficient (Wildman–Crippen LogP) is 1.76. The predicted molar refractivity (Wildman–Crippen MR) is 66.6 cm³/mol. The molecule has 1 aromatic heterocycles. The standard InChI is InChI=1S/C13H16N2O3/c1-16-12-3-2-10(4-5-14)6-13(12)17-8-11-7-15-18-9-11/h2-3,6-7,9H,4-5,8,14H2,1H3. The molecule has 0 radical (unpaired) electrons. The summed E-state index contributed by atoms with van der Waals surface area (Å²) in [6, 6.07) is 5.81. The largest absolute Gasteiger partial charge is 0.493 e. The van der Waals surface area contributed by atoms with Crippen molar-refractivity contribution >= 4 is 0 Å². The van der Waals surface area contributed by atoms with Gasteiger partial charge in [0.05, 0.1) is 13.3 Å². The van der Waals surface area contributed by atoms with Gasteiger partial charge in [0.25, 0.3) is 0 Å². The van der Waals surface area contributed by atoms with E-state index in [-0.39, 0.29) is 0 Å². The second-order valence-electron chi connectivity index (χ2n) is 3.85. The third kappa shape index (κ3) is 3.01. The van der Waals surface area contributed by atoms with Crippen LogP contribution in [0.4, 0.5) is 0 Å². The van der Waals surface area contributed by atoms with Crippen molar-refractivity contribution in [3.05, 3.63) is 41.8 Å². The number of nitrogens with zero attached hydrogens (tertiary/aromatic N) is 1. The zero-order valence-corrected chi connectivity index (χ0v) is 10.3. The van der Waals surface area contributed by atoms with Gasteiger partial charge < -0.3 is 19.7 Å². The summed E-state index contributed by atoms with van der Waals surface area (Å²) in [5, 5.41) is 3.62. The maximum absolute atomic E-state index is 5.69. The van der Waals surface area contributed by atoms with Crippen LogP contribution in [-0.2, 0) is 13.0 Å². The van der Waals surface area contributed by atoms with E-state index in [2.05, 4.69) is 5.16 Å². The molecule has 18 heavy (non-hydrogen) atoms. The van der Waals surface area contributed by atoms with Crippen molar-refractivity contribution in [2.45, 2.75) is 13.0 Å². The second-order valence-corrected chi connectivity index (χ2v) is 3.85. The highest BCUT2D eigenvalue weighted by Crippen LogP contribution is 2.28. The molecule has 5 nitrogen and oxygen atoms in total. The average molecular weight is 248 g/mol. The van der Waals surface area contributed by atoms with Crippen LogP contribution in [0.25, 0.3) is 0 Å². The number of hydrogen-bond donors (Lipinski definition) is 1. The van der Waals surface area contributed by atoms with Gasteiger partial charge in [-0.25, -0.2) is 0 Å². The first kappa shape index (κ1) is 12.4. The van der Waals surface area contributed by atoms with E-state index in [1.807, 2.05) is 18.2 Å². The Balaban J connectivity index is 2.10. The molecule has 2 rings (SSSR count). The summed E-state index contributed by atoms with van der Waals surface area (Å²) in [6.45, 7) is 1.00. The van der Waals surface area contributed by atoms with Gasteiger partial charge in [-0.1, -0.05) is 11.2 Å². The lowest BCUT2D eigenvalue weighted by Crippen LogP contribution is -2.03. The van der Waals surface area contributed by atoms with Gasteiger partial charge in [-0.15, -0.1) is 0 Å². The molecule has 0 atom stereocenters. The van der Waals surface area contributed by atoms with Crippen molar-refractivity contribution in [2.24, 2.45) is 5.73 Å². The topological polar surface area (TPSA) is 70.5 Å². The van der Waals surface area contributed by atoms with Crippen LogP contribution in [0, 0.1) is 0 Å². The van der Waals surface area contributed by atoms with Crippen LogP contribution in [0.1, 0.15) is 11.1 Å². The monoisotopic (exact) mass is 248 g/mol. The minimum atomic E-state index is 0.395. The minimum Gasteiger partial charge on any atom is -0.493 e. The van der Waals surface area contributed by atoms with Crippen LogP contribution in [0.2, 0.25) is 0 Å². The molecular weight excluding hydrogens is 232 g/mol. The number of nitrogens with two attached hydrogens (primary N) is 1. The third-order valence-electron chi connectivity index (χ3n) is 2.54. The lowest BCUT2D eigenvalue weighted by Gasteiger charge is -2.11. The Bertz CT molecular complexity index is 483. The van der Waals surface area contributed by atoms with E-state index in [0.29, 0.717) is 24.7 Å². The fourth-order valence-electron chi connectivity index (χ4n) is 1.62. The van der Waals surface area contributed by atoms with Crippen molar-refractivity contribution in [1.29, 1.82) is 0 Å². The van der Waals surface area contributed by atoms with Gasteiger partial charge in [-0.05, 0) is 30.7 Å². The lowest BCUT2D eigenvalue weighted by atomic mass is 10.1. The molecule has 0 saturated carbocycles. The molecule has 1 aromatic carbocycles. The first-order chi connectivity index (χ1) is 8.83. The van der Waals surface area contributed by atoms with E-state index in [9.17, 15) is 0 Å². The fraction of sp³-hybridized carbons (Fsp3) is 0.308. The summed E-state index contributed by atoms with van der Waals surface area (Å²) < 4.78 is 15.7. The molecule has 96 valence electrons. The maximum Gasteiger partial charge on any atom is 0.161 e. The highest BCUT2D eigenvalue weighted by molar-refractivity contribution is 5.43. The van der Waals surface area contributed by atoms with E-state index in [0.717, 1.165) is 17.5 Å². The van der Waals surface area contributed by atoms with E-state index in [1.54, 1.807) is 19.6 Å². The molecule has 1 heterocycles. The van der Waals surface area contributed by atoms with Gasteiger partial charge >= 0.3 is 0 Å². The molecule has 0 spiro atoms. The number of aromatic nitrogens is 1. The van der Waals surface area contributed by atoms with E-state index >= 15 is 0 Å². The lowest BCUT2D eigenvalue weighted by molar-refractivity contribution is 0.283. The average Bonchev–Trinajstić information content (AvgIpc) is 2.90. The Morgan fingerprint density at radius 2 is 2.17 bits per heavy atom. The van der Waals surface area contributed by atoms with Crippen molar-refractivity contribution < 1.29 is 14.0 Å². The first-order valence-corrected chi connectivity index (χ1v) is 5.71. The van der Waals surface area contributed by atoms with Crippen molar-refractivity contribution in [3.63, 3.8) is 0 Å². The molecule has 5 heteroatoms. The van der Waals surface area contributed by atoms with Gasteiger partial charge in [0, 0.05) is 5.56 Å².